The molecule has 0 N–H and O–H groups in total. The SMILES string of the molecule is O=C(Cc1ccc(-c2ccc3ncc(N4CCN(c5ccncc5)CC4)nc3c2)cc1)c1ccc2c(c1)N=CC2. The lowest BCUT2D eigenvalue weighted by atomic mass is 9.98. The molecule has 0 saturated carbocycles. The number of anilines is 2. The van der Waals surface area contributed by atoms with Gasteiger partial charge in [0.25, 0.3) is 0 Å². The van der Waals surface area contributed by atoms with Crippen molar-refractivity contribution in [1.82, 2.24) is 15.0 Å². The first-order chi connectivity index (χ1) is 19.7. The summed E-state index contributed by atoms with van der Waals surface area (Å²) in [6, 6.07) is 24.4. The first-order valence-corrected chi connectivity index (χ1v) is 13.6. The van der Waals surface area contributed by atoms with Crippen molar-refractivity contribution in [3.63, 3.8) is 0 Å². The number of pyridine rings is 1. The number of hydrogen-bond acceptors (Lipinski definition) is 7. The Morgan fingerprint density at radius 3 is 2.38 bits per heavy atom. The van der Waals surface area contributed by atoms with Gasteiger partial charge in [-0.1, -0.05) is 42.5 Å². The summed E-state index contributed by atoms with van der Waals surface area (Å²) in [5, 5.41) is 0. The Morgan fingerprint density at radius 1 is 0.775 bits per heavy atom. The molecule has 5 aromatic rings. The van der Waals surface area contributed by atoms with Crippen LogP contribution >= 0.6 is 0 Å². The molecule has 1 fully saturated rings. The molecule has 0 radical (unpaired) electrons. The van der Waals surface area contributed by atoms with Crippen LogP contribution in [0.2, 0.25) is 0 Å². The minimum absolute atomic E-state index is 0.104. The highest BCUT2D eigenvalue weighted by Gasteiger charge is 2.19. The standard InChI is InChI=1S/C33H28N6O/c40-32(27-6-5-25-9-14-35-30(25)21-27)19-23-1-3-24(4-2-23)26-7-8-29-31(20-26)37-33(22-36-29)39-17-15-38(16-18-39)28-10-12-34-13-11-28/h1-8,10-14,20-22H,9,15-19H2. The van der Waals surface area contributed by atoms with Crippen LogP contribution < -0.4 is 9.80 Å². The molecule has 2 aromatic heterocycles. The van der Waals surface area contributed by atoms with Gasteiger partial charge in [-0.05, 0) is 52.6 Å². The van der Waals surface area contributed by atoms with Gasteiger partial charge in [0.2, 0.25) is 0 Å². The Kier molecular flexibility index (Phi) is 6.24. The van der Waals surface area contributed by atoms with Crippen LogP contribution in [0.4, 0.5) is 17.2 Å². The molecule has 40 heavy (non-hydrogen) atoms. The molecule has 0 unspecified atom stereocenters. The summed E-state index contributed by atoms with van der Waals surface area (Å²) < 4.78 is 0. The fraction of sp³-hybridized carbons (Fsp3) is 0.182. The Labute approximate surface area is 232 Å². The van der Waals surface area contributed by atoms with Crippen LogP contribution in [0.5, 0.6) is 0 Å². The van der Waals surface area contributed by atoms with Crippen molar-refractivity contribution >= 4 is 40.2 Å². The number of nitrogens with zero attached hydrogens (tertiary/aromatic N) is 6. The van der Waals surface area contributed by atoms with Gasteiger partial charge in [-0.15, -0.1) is 0 Å². The number of ketones is 1. The number of piperazine rings is 1. The molecule has 7 nitrogen and oxygen atoms in total. The summed E-state index contributed by atoms with van der Waals surface area (Å²) in [5.41, 5.74) is 8.92. The number of Topliss-reactive ketones (excluding diaryl/α,β-unsaturated/α-hetero) is 1. The van der Waals surface area contributed by atoms with Gasteiger partial charge in [-0.25, -0.2) is 4.98 Å². The van der Waals surface area contributed by atoms with Gasteiger partial charge < -0.3 is 9.80 Å². The molecule has 2 aliphatic heterocycles. The van der Waals surface area contributed by atoms with E-state index in [1.165, 1.54) is 11.3 Å². The van der Waals surface area contributed by atoms with Crippen molar-refractivity contribution in [2.45, 2.75) is 12.8 Å². The summed E-state index contributed by atoms with van der Waals surface area (Å²) in [7, 11) is 0. The number of carbonyl (C=O) groups is 1. The van der Waals surface area contributed by atoms with E-state index in [-0.39, 0.29) is 5.78 Å². The first kappa shape index (κ1) is 24.2. The number of aromatic nitrogens is 3. The highest BCUT2D eigenvalue weighted by atomic mass is 16.1. The molecular weight excluding hydrogens is 496 g/mol. The smallest absolute Gasteiger partial charge is 0.167 e. The Balaban J connectivity index is 1.05. The molecule has 0 aliphatic carbocycles. The van der Waals surface area contributed by atoms with Gasteiger partial charge in [0.05, 0.1) is 22.9 Å². The molecule has 3 aromatic carbocycles. The van der Waals surface area contributed by atoms with Crippen molar-refractivity contribution in [2.24, 2.45) is 4.99 Å². The van der Waals surface area contributed by atoms with Gasteiger partial charge >= 0.3 is 0 Å². The van der Waals surface area contributed by atoms with Crippen LogP contribution in [-0.4, -0.2) is 53.1 Å². The Morgan fingerprint density at radius 2 is 1.55 bits per heavy atom. The highest BCUT2D eigenvalue weighted by Crippen LogP contribution is 2.28. The third kappa shape index (κ3) is 4.82. The normalized spacial score (nSPS) is 14.5. The zero-order chi connectivity index (χ0) is 26.9. The van der Waals surface area contributed by atoms with E-state index in [4.69, 9.17) is 9.97 Å². The molecular formula is C33H28N6O. The van der Waals surface area contributed by atoms with Gasteiger partial charge in [0, 0.05) is 68.9 Å². The second kappa shape index (κ2) is 10.3. The van der Waals surface area contributed by atoms with E-state index in [1.54, 1.807) is 0 Å². The third-order valence-electron chi connectivity index (χ3n) is 7.76. The van der Waals surface area contributed by atoms with Gasteiger partial charge in [-0.3, -0.25) is 19.8 Å². The third-order valence-corrected chi connectivity index (χ3v) is 7.76. The maximum Gasteiger partial charge on any atom is 0.167 e. The summed E-state index contributed by atoms with van der Waals surface area (Å²) >= 11 is 0. The molecule has 7 rings (SSSR count). The monoisotopic (exact) mass is 524 g/mol. The number of aliphatic imine (C=N–C) groups is 1. The number of hydrogen-bond donors (Lipinski definition) is 0. The zero-order valence-corrected chi connectivity index (χ0v) is 22.1. The molecule has 4 heterocycles. The van der Waals surface area contributed by atoms with Crippen molar-refractivity contribution in [3.05, 3.63) is 108 Å². The predicted octanol–water partition coefficient (Wildman–Crippen LogP) is 5.70. The van der Waals surface area contributed by atoms with Gasteiger partial charge in [-0.2, -0.15) is 0 Å². The van der Waals surface area contributed by atoms with Crippen molar-refractivity contribution in [3.8, 4) is 11.1 Å². The number of rotatable bonds is 6. The minimum Gasteiger partial charge on any atom is -0.368 e. The molecule has 1 saturated heterocycles. The van der Waals surface area contributed by atoms with Crippen LogP contribution in [0.25, 0.3) is 22.2 Å². The van der Waals surface area contributed by atoms with Gasteiger partial charge in [0.1, 0.15) is 5.82 Å². The van der Waals surface area contributed by atoms with Crippen LogP contribution in [-0.2, 0) is 12.8 Å². The van der Waals surface area contributed by atoms with E-state index in [0.717, 1.165) is 71.8 Å². The quantitative estimate of drug-likeness (QED) is 0.265. The van der Waals surface area contributed by atoms with Crippen LogP contribution in [0.3, 0.4) is 0 Å². The lowest BCUT2D eigenvalue weighted by Gasteiger charge is -2.36. The average Bonchev–Trinajstić information content (AvgIpc) is 3.50. The zero-order valence-electron chi connectivity index (χ0n) is 22.1. The molecule has 0 amide bonds. The maximum absolute atomic E-state index is 12.9. The first-order valence-electron chi connectivity index (χ1n) is 13.6. The number of fused-ring (bicyclic) bond motifs is 2. The maximum atomic E-state index is 12.9. The van der Waals surface area contributed by atoms with Crippen LogP contribution in [0.1, 0.15) is 21.5 Å². The Hall–Kier alpha value is -4.91. The van der Waals surface area contributed by atoms with Crippen molar-refractivity contribution < 1.29 is 4.79 Å². The molecule has 0 spiro atoms. The molecule has 0 atom stereocenters. The number of benzene rings is 3. The second-order valence-corrected chi connectivity index (χ2v) is 10.3. The Bertz CT molecular complexity index is 1720. The van der Waals surface area contributed by atoms with E-state index in [1.807, 2.05) is 61.2 Å². The fourth-order valence-electron chi connectivity index (χ4n) is 5.46. The lowest BCUT2D eigenvalue weighted by molar-refractivity contribution is 0.0993. The van der Waals surface area contributed by atoms with E-state index < -0.39 is 0 Å². The van der Waals surface area contributed by atoms with E-state index in [0.29, 0.717) is 12.0 Å². The topological polar surface area (TPSA) is 74.6 Å². The van der Waals surface area contributed by atoms with E-state index in [2.05, 4.69) is 56.2 Å². The molecule has 0 bridgehead atoms. The molecule has 7 heteroatoms. The van der Waals surface area contributed by atoms with Crippen molar-refractivity contribution in [1.29, 1.82) is 0 Å². The molecule has 2 aliphatic rings. The summed E-state index contributed by atoms with van der Waals surface area (Å²) in [6.45, 7) is 3.64. The lowest BCUT2D eigenvalue weighted by Crippen LogP contribution is -2.46. The van der Waals surface area contributed by atoms with E-state index >= 15 is 0 Å². The van der Waals surface area contributed by atoms with Crippen LogP contribution in [0.15, 0.2) is 96.4 Å². The van der Waals surface area contributed by atoms with E-state index in [9.17, 15) is 4.79 Å². The second-order valence-electron chi connectivity index (χ2n) is 10.3. The summed E-state index contributed by atoms with van der Waals surface area (Å²) in [5.74, 6) is 1.01. The fourth-order valence-corrected chi connectivity index (χ4v) is 5.46. The summed E-state index contributed by atoms with van der Waals surface area (Å²) in [6.07, 6.45) is 8.66. The highest BCUT2D eigenvalue weighted by molar-refractivity contribution is 5.99. The largest absolute Gasteiger partial charge is 0.368 e. The van der Waals surface area contributed by atoms with Gasteiger partial charge in [0.15, 0.2) is 5.78 Å². The van der Waals surface area contributed by atoms with Crippen molar-refractivity contribution in [2.75, 3.05) is 36.0 Å². The van der Waals surface area contributed by atoms with Crippen LogP contribution in [0, 0.1) is 0 Å². The predicted molar refractivity (Wildman–Crippen MR) is 160 cm³/mol. The number of carbonyl (C=O) groups excluding carboxylic acids is 1. The summed E-state index contributed by atoms with van der Waals surface area (Å²) in [4.78, 5) is 35.7. The molecule has 196 valence electrons. The minimum atomic E-state index is 0.104. The average molecular weight is 525 g/mol.